The molecule has 0 amide bonds. The lowest BCUT2D eigenvalue weighted by Crippen LogP contribution is -2.19. The average Bonchev–Trinajstić information content (AvgIpc) is 2.53. The van der Waals surface area contributed by atoms with Gasteiger partial charge >= 0.3 is 5.97 Å². The van der Waals surface area contributed by atoms with E-state index < -0.39 is 12.1 Å². The highest BCUT2D eigenvalue weighted by Gasteiger charge is 2.20. The number of esters is 1. The molecule has 0 saturated heterocycles. The lowest BCUT2D eigenvalue weighted by atomic mass is 10.3. The summed E-state index contributed by atoms with van der Waals surface area (Å²) in [6.07, 6.45) is 2.81. The van der Waals surface area contributed by atoms with E-state index in [-0.39, 0.29) is 5.95 Å². The molecule has 0 spiro atoms. The highest BCUT2D eigenvalue weighted by molar-refractivity contribution is 7.98. The largest absolute Gasteiger partial charge is 0.451 e. The molecule has 1 atom stereocenters. The van der Waals surface area contributed by atoms with Crippen LogP contribution in [0.2, 0.25) is 0 Å². The molecule has 0 aliphatic rings. The number of hydrogen-bond donors (Lipinski definition) is 1. The van der Waals surface area contributed by atoms with Crippen LogP contribution < -0.4 is 10.6 Å². The Morgan fingerprint density at radius 3 is 2.74 bits per heavy atom. The smallest absolute Gasteiger partial charge is 0.341 e. The van der Waals surface area contributed by atoms with Gasteiger partial charge < -0.3 is 15.4 Å². The van der Waals surface area contributed by atoms with Crippen LogP contribution in [-0.2, 0) is 4.74 Å². The van der Waals surface area contributed by atoms with Gasteiger partial charge in [0, 0.05) is 20.3 Å². The second kappa shape index (κ2) is 7.23. The normalized spacial score (nSPS) is 11.8. The maximum atomic E-state index is 12.3. The van der Waals surface area contributed by atoms with E-state index in [0.29, 0.717) is 22.4 Å². The number of thioether (sulfide) groups is 1. The van der Waals surface area contributed by atoms with Crippen molar-refractivity contribution in [3.8, 4) is 0 Å². The van der Waals surface area contributed by atoms with Gasteiger partial charge in [0.1, 0.15) is 5.03 Å². The number of carbonyl (C=O) groups excluding carboxylic acids is 1. The highest BCUT2D eigenvalue weighted by atomic mass is 32.2. The molecule has 2 heterocycles. The zero-order chi connectivity index (χ0) is 17.0. The van der Waals surface area contributed by atoms with Crippen molar-refractivity contribution in [2.75, 3.05) is 31.0 Å². The summed E-state index contributed by atoms with van der Waals surface area (Å²) >= 11 is 1.38. The predicted molar refractivity (Wildman–Crippen MR) is 88.4 cm³/mol. The maximum absolute atomic E-state index is 12.3. The number of aromatic nitrogens is 4. The summed E-state index contributed by atoms with van der Waals surface area (Å²) in [5, 5.41) is 0.605. The second-order valence-electron chi connectivity index (χ2n) is 4.85. The number of nitrogens with zero attached hydrogens (tertiary/aromatic N) is 5. The molecular weight excluding hydrogens is 316 g/mol. The Kier molecular flexibility index (Phi) is 5.32. The van der Waals surface area contributed by atoms with Crippen molar-refractivity contribution < 1.29 is 9.53 Å². The third-order valence-electron chi connectivity index (χ3n) is 2.89. The molecule has 0 bridgehead atoms. The van der Waals surface area contributed by atoms with E-state index in [1.165, 1.54) is 11.8 Å². The molecule has 8 nitrogen and oxygen atoms in total. The molecule has 23 heavy (non-hydrogen) atoms. The van der Waals surface area contributed by atoms with Crippen molar-refractivity contribution in [2.45, 2.75) is 18.1 Å². The topological polar surface area (TPSA) is 107 Å². The summed E-state index contributed by atoms with van der Waals surface area (Å²) in [4.78, 5) is 30.5. The maximum Gasteiger partial charge on any atom is 0.341 e. The number of carbonyl (C=O) groups is 1. The number of hydrogen-bond acceptors (Lipinski definition) is 9. The van der Waals surface area contributed by atoms with Gasteiger partial charge in [0.25, 0.3) is 0 Å². The zero-order valence-corrected chi connectivity index (χ0v) is 14.2. The van der Waals surface area contributed by atoms with Crippen molar-refractivity contribution in [1.29, 1.82) is 0 Å². The summed E-state index contributed by atoms with van der Waals surface area (Å²) in [6.45, 7) is 1.68. The molecular formula is C14H18N6O2S. The fourth-order valence-corrected chi connectivity index (χ4v) is 2.30. The van der Waals surface area contributed by atoms with E-state index in [1.807, 2.05) is 6.26 Å². The van der Waals surface area contributed by atoms with Crippen molar-refractivity contribution in [3.05, 3.63) is 29.7 Å². The van der Waals surface area contributed by atoms with E-state index in [4.69, 9.17) is 10.5 Å². The molecule has 2 aromatic rings. The Labute approximate surface area is 138 Å². The van der Waals surface area contributed by atoms with Gasteiger partial charge in [0.05, 0.1) is 5.56 Å². The molecule has 0 saturated carbocycles. The predicted octanol–water partition coefficient (Wildman–Crippen LogP) is 1.55. The number of pyridine rings is 1. The van der Waals surface area contributed by atoms with Crippen LogP contribution >= 0.6 is 11.8 Å². The monoisotopic (exact) mass is 334 g/mol. The number of ether oxygens (including phenoxy) is 1. The molecule has 1 unspecified atom stereocenters. The molecule has 2 aromatic heterocycles. The van der Waals surface area contributed by atoms with Crippen LogP contribution in [0, 0.1) is 0 Å². The molecule has 0 fully saturated rings. The van der Waals surface area contributed by atoms with Gasteiger partial charge in [-0.2, -0.15) is 15.0 Å². The SMILES string of the molecule is CSc1ncccc1C(=O)OC(C)c1nc(N)nc(N(C)C)n1. The minimum Gasteiger partial charge on any atom is -0.451 e. The molecule has 122 valence electrons. The van der Waals surface area contributed by atoms with Crippen LogP contribution in [0.4, 0.5) is 11.9 Å². The fraction of sp³-hybridized carbons (Fsp3) is 0.357. The number of anilines is 2. The van der Waals surface area contributed by atoms with E-state index >= 15 is 0 Å². The number of nitrogens with two attached hydrogens (primary N) is 1. The molecule has 9 heteroatoms. The third-order valence-corrected chi connectivity index (χ3v) is 3.60. The van der Waals surface area contributed by atoms with Crippen molar-refractivity contribution in [2.24, 2.45) is 0 Å². The molecule has 2 N–H and O–H groups in total. The molecule has 2 rings (SSSR count). The average molecular weight is 334 g/mol. The highest BCUT2D eigenvalue weighted by Crippen LogP contribution is 2.22. The first-order valence-corrected chi connectivity index (χ1v) is 8.03. The van der Waals surface area contributed by atoms with Gasteiger partial charge in [-0.1, -0.05) is 0 Å². The molecule has 0 aromatic carbocycles. The van der Waals surface area contributed by atoms with E-state index in [2.05, 4.69) is 19.9 Å². The summed E-state index contributed by atoms with van der Waals surface area (Å²) in [5.41, 5.74) is 6.08. The summed E-state index contributed by atoms with van der Waals surface area (Å²) in [5.74, 6) is 0.291. The third kappa shape index (κ3) is 4.07. The van der Waals surface area contributed by atoms with Gasteiger partial charge in [-0.05, 0) is 25.3 Å². The first-order chi connectivity index (χ1) is 10.9. The molecule has 0 aliphatic heterocycles. The number of nitrogen functional groups attached to an aromatic ring is 1. The lowest BCUT2D eigenvalue weighted by Gasteiger charge is -2.16. The standard InChI is InChI=1S/C14H18N6O2S/c1-8(10-17-13(15)19-14(18-10)20(2)3)22-12(21)9-6-5-7-16-11(9)23-4/h5-8H,1-4H3,(H2,15,17,18,19). The minimum atomic E-state index is -0.665. The van der Waals surface area contributed by atoms with Gasteiger partial charge in [0.2, 0.25) is 11.9 Å². The minimum absolute atomic E-state index is 0.0766. The fourth-order valence-electron chi connectivity index (χ4n) is 1.76. The Morgan fingerprint density at radius 1 is 1.35 bits per heavy atom. The Morgan fingerprint density at radius 2 is 2.09 bits per heavy atom. The Bertz CT molecular complexity index is 709. The van der Waals surface area contributed by atoms with Gasteiger partial charge in [-0.15, -0.1) is 11.8 Å². The second-order valence-corrected chi connectivity index (χ2v) is 5.65. The summed E-state index contributed by atoms with van der Waals surface area (Å²) in [6, 6.07) is 3.35. The van der Waals surface area contributed by atoms with Gasteiger partial charge in [-0.3, -0.25) is 0 Å². The quantitative estimate of drug-likeness (QED) is 0.643. The van der Waals surface area contributed by atoms with Crippen LogP contribution in [0.1, 0.15) is 29.2 Å². The van der Waals surface area contributed by atoms with Crippen molar-refractivity contribution >= 4 is 29.6 Å². The summed E-state index contributed by atoms with van der Waals surface area (Å²) < 4.78 is 5.44. The van der Waals surface area contributed by atoms with Crippen molar-refractivity contribution in [1.82, 2.24) is 19.9 Å². The van der Waals surface area contributed by atoms with E-state index in [9.17, 15) is 4.79 Å². The van der Waals surface area contributed by atoms with Crippen LogP contribution in [0.25, 0.3) is 0 Å². The van der Waals surface area contributed by atoms with Crippen molar-refractivity contribution in [3.63, 3.8) is 0 Å². The van der Waals surface area contributed by atoms with Gasteiger partial charge in [-0.25, -0.2) is 9.78 Å². The first kappa shape index (κ1) is 16.9. The van der Waals surface area contributed by atoms with Crippen LogP contribution in [0.3, 0.4) is 0 Å². The van der Waals surface area contributed by atoms with Gasteiger partial charge in [0.15, 0.2) is 11.9 Å². The number of rotatable bonds is 5. The molecule has 0 radical (unpaired) electrons. The lowest BCUT2D eigenvalue weighted by molar-refractivity contribution is 0.0314. The van der Waals surface area contributed by atoms with Crippen LogP contribution in [0.5, 0.6) is 0 Å². The Hall–Kier alpha value is -2.42. The van der Waals surface area contributed by atoms with Crippen LogP contribution in [0.15, 0.2) is 23.4 Å². The Balaban J connectivity index is 2.21. The molecule has 0 aliphatic carbocycles. The summed E-state index contributed by atoms with van der Waals surface area (Å²) in [7, 11) is 3.57. The van der Waals surface area contributed by atoms with E-state index in [1.54, 1.807) is 44.2 Å². The van der Waals surface area contributed by atoms with Crippen LogP contribution in [-0.4, -0.2) is 46.3 Å². The zero-order valence-electron chi connectivity index (χ0n) is 13.3. The first-order valence-electron chi connectivity index (χ1n) is 6.81. The van der Waals surface area contributed by atoms with E-state index in [0.717, 1.165) is 0 Å².